The molecule has 0 bridgehead atoms. The van der Waals surface area contributed by atoms with Crippen LogP contribution in [0.1, 0.15) is 31.1 Å². The molecule has 1 aliphatic rings. The Morgan fingerprint density at radius 3 is 2.48 bits per heavy atom. The summed E-state index contributed by atoms with van der Waals surface area (Å²) >= 11 is 2.92. The Labute approximate surface area is 141 Å². The number of hydrogen-bond donors (Lipinski definition) is 1. The molecule has 1 heterocycles. The second-order valence-electron chi connectivity index (χ2n) is 6.27. The summed E-state index contributed by atoms with van der Waals surface area (Å²) in [5, 5.41) is 2.60. The molecule has 1 fully saturated rings. The van der Waals surface area contributed by atoms with Crippen LogP contribution < -0.4 is 5.32 Å². The molecule has 1 aliphatic heterocycles. The van der Waals surface area contributed by atoms with Crippen LogP contribution in [-0.4, -0.2) is 41.6 Å². The van der Waals surface area contributed by atoms with Gasteiger partial charge >= 0.3 is 6.09 Å². The van der Waals surface area contributed by atoms with Crippen LogP contribution in [0.5, 0.6) is 0 Å². The van der Waals surface area contributed by atoms with E-state index >= 15 is 0 Å². The average Bonchev–Trinajstić information content (AvgIpc) is 2.36. The van der Waals surface area contributed by atoms with Gasteiger partial charge in [0.1, 0.15) is 17.0 Å². The van der Waals surface area contributed by atoms with Gasteiger partial charge < -0.3 is 15.0 Å². The summed E-state index contributed by atoms with van der Waals surface area (Å²) < 4.78 is 32.7. The number of alkyl carbamates (subject to hydrolysis) is 1. The highest BCUT2D eigenvalue weighted by Gasteiger charge is 2.35. The Balaban J connectivity index is 1.94. The number of benzene rings is 1. The molecule has 0 radical (unpaired) electrons. The molecular weight excluding hydrogens is 374 g/mol. The van der Waals surface area contributed by atoms with E-state index in [4.69, 9.17) is 4.74 Å². The lowest BCUT2D eigenvalue weighted by atomic mass is 10.1. The minimum Gasteiger partial charge on any atom is -0.444 e. The molecule has 5 nitrogen and oxygen atoms in total. The van der Waals surface area contributed by atoms with E-state index in [0.29, 0.717) is 0 Å². The molecule has 0 saturated carbocycles. The lowest BCUT2D eigenvalue weighted by Crippen LogP contribution is -2.61. The largest absolute Gasteiger partial charge is 0.444 e. The fourth-order valence-electron chi connectivity index (χ4n) is 2.09. The molecule has 0 spiro atoms. The number of hydrogen-bond acceptors (Lipinski definition) is 3. The van der Waals surface area contributed by atoms with Gasteiger partial charge in [-0.3, -0.25) is 4.79 Å². The van der Waals surface area contributed by atoms with Gasteiger partial charge in [-0.25, -0.2) is 13.6 Å². The number of halogens is 3. The summed E-state index contributed by atoms with van der Waals surface area (Å²) in [6, 6.07) is 1.92. The Bertz CT molecular complexity index is 640. The second-order valence-corrected chi connectivity index (χ2v) is 7.13. The summed E-state index contributed by atoms with van der Waals surface area (Å²) in [5.74, 6) is -2.60. The van der Waals surface area contributed by atoms with Gasteiger partial charge in [-0.15, -0.1) is 0 Å². The van der Waals surface area contributed by atoms with E-state index in [1.807, 2.05) is 0 Å². The summed E-state index contributed by atoms with van der Waals surface area (Å²) in [4.78, 5) is 25.0. The van der Waals surface area contributed by atoms with Gasteiger partial charge in [-0.2, -0.15) is 0 Å². The van der Waals surface area contributed by atoms with Crippen molar-refractivity contribution in [2.24, 2.45) is 0 Å². The first kappa shape index (κ1) is 17.7. The standard InChI is InChI=1S/C15H17BrF2N2O3/c1-15(2,3)23-14(22)19-8-6-20(7-8)13(21)11-10(17)5-4-9(16)12(11)18/h4-5,8H,6-7H2,1-3H3,(H,19,22). The SMILES string of the molecule is CC(C)(C)OC(=O)NC1CN(C(=O)c2c(F)ccc(Br)c2F)C1. The Kier molecular flexibility index (Phi) is 4.93. The van der Waals surface area contributed by atoms with Crippen molar-refractivity contribution < 1.29 is 23.1 Å². The third-order valence-electron chi connectivity index (χ3n) is 3.15. The quantitative estimate of drug-likeness (QED) is 0.789. The number of nitrogens with one attached hydrogen (secondary N) is 1. The molecule has 0 aliphatic carbocycles. The minimum absolute atomic E-state index is 0.0196. The number of nitrogens with zero attached hydrogens (tertiary/aromatic N) is 1. The van der Waals surface area contributed by atoms with Crippen LogP contribution in [0.2, 0.25) is 0 Å². The van der Waals surface area contributed by atoms with Crippen LogP contribution in [0.15, 0.2) is 16.6 Å². The summed E-state index contributed by atoms with van der Waals surface area (Å²) in [6.07, 6.45) is -0.589. The molecule has 1 aromatic carbocycles. The van der Waals surface area contributed by atoms with Crippen molar-refractivity contribution in [3.63, 3.8) is 0 Å². The molecule has 2 rings (SSSR count). The smallest absolute Gasteiger partial charge is 0.407 e. The van der Waals surface area contributed by atoms with Crippen molar-refractivity contribution in [1.29, 1.82) is 0 Å². The highest BCUT2D eigenvalue weighted by Crippen LogP contribution is 2.24. The molecule has 0 atom stereocenters. The number of ether oxygens (including phenoxy) is 1. The number of rotatable bonds is 2. The number of amides is 2. The van der Waals surface area contributed by atoms with E-state index in [-0.39, 0.29) is 23.6 Å². The zero-order chi connectivity index (χ0) is 17.4. The zero-order valence-corrected chi connectivity index (χ0v) is 14.5. The summed E-state index contributed by atoms with van der Waals surface area (Å²) in [5.41, 5.74) is -1.22. The molecule has 1 aromatic rings. The van der Waals surface area contributed by atoms with Crippen LogP contribution >= 0.6 is 15.9 Å². The zero-order valence-electron chi connectivity index (χ0n) is 13.0. The first-order valence-corrected chi connectivity index (χ1v) is 7.80. The maximum Gasteiger partial charge on any atom is 0.407 e. The number of likely N-dealkylation sites (tertiary alicyclic amines) is 1. The second kappa shape index (κ2) is 6.43. The van der Waals surface area contributed by atoms with E-state index in [1.165, 1.54) is 11.0 Å². The highest BCUT2D eigenvalue weighted by molar-refractivity contribution is 9.10. The van der Waals surface area contributed by atoms with Crippen LogP contribution in [0.25, 0.3) is 0 Å². The van der Waals surface area contributed by atoms with Crippen molar-refractivity contribution in [3.05, 3.63) is 33.8 Å². The van der Waals surface area contributed by atoms with Crippen LogP contribution in [0.3, 0.4) is 0 Å². The van der Waals surface area contributed by atoms with Gasteiger partial charge in [0.05, 0.1) is 10.5 Å². The Morgan fingerprint density at radius 2 is 1.91 bits per heavy atom. The lowest BCUT2D eigenvalue weighted by Gasteiger charge is -2.39. The fourth-order valence-corrected chi connectivity index (χ4v) is 2.42. The van der Waals surface area contributed by atoms with E-state index in [2.05, 4.69) is 21.2 Å². The predicted octanol–water partition coefficient (Wildman–Crippen LogP) is 3.08. The van der Waals surface area contributed by atoms with Gasteiger partial charge in [-0.05, 0) is 48.8 Å². The van der Waals surface area contributed by atoms with E-state index < -0.39 is 34.8 Å². The van der Waals surface area contributed by atoms with E-state index in [0.717, 1.165) is 6.07 Å². The predicted molar refractivity (Wildman–Crippen MR) is 83.1 cm³/mol. The molecule has 1 N–H and O–H groups in total. The summed E-state index contributed by atoms with van der Waals surface area (Å²) in [7, 11) is 0. The monoisotopic (exact) mass is 390 g/mol. The van der Waals surface area contributed by atoms with Gasteiger partial charge in [-0.1, -0.05) is 0 Å². The van der Waals surface area contributed by atoms with E-state index in [9.17, 15) is 18.4 Å². The van der Waals surface area contributed by atoms with Crippen molar-refractivity contribution >= 4 is 27.9 Å². The Morgan fingerprint density at radius 1 is 1.30 bits per heavy atom. The number of carbonyl (C=O) groups is 2. The highest BCUT2D eigenvalue weighted by atomic mass is 79.9. The maximum absolute atomic E-state index is 13.9. The number of carbonyl (C=O) groups excluding carboxylic acids is 2. The molecule has 0 unspecified atom stereocenters. The molecule has 2 amide bonds. The van der Waals surface area contributed by atoms with Crippen molar-refractivity contribution in [2.45, 2.75) is 32.4 Å². The first-order valence-electron chi connectivity index (χ1n) is 7.01. The molecule has 0 aromatic heterocycles. The summed E-state index contributed by atoms with van der Waals surface area (Å²) in [6.45, 7) is 5.55. The molecular formula is C15H17BrF2N2O3. The van der Waals surface area contributed by atoms with Gasteiger partial charge in [0.2, 0.25) is 0 Å². The van der Waals surface area contributed by atoms with Crippen LogP contribution in [0.4, 0.5) is 13.6 Å². The van der Waals surface area contributed by atoms with Gasteiger partial charge in [0, 0.05) is 13.1 Å². The topological polar surface area (TPSA) is 58.6 Å². The third-order valence-corrected chi connectivity index (χ3v) is 3.76. The Hall–Kier alpha value is -1.70. The van der Waals surface area contributed by atoms with Gasteiger partial charge in [0.15, 0.2) is 5.82 Å². The van der Waals surface area contributed by atoms with Crippen molar-refractivity contribution in [1.82, 2.24) is 10.2 Å². The lowest BCUT2D eigenvalue weighted by molar-refractivity contribution is 0.0355. The van der Waals surface area contributed by atoms with E-state index in [1.54, 1.807) is 20.8 Å². The fraction of sp³-hybridized carbons (Fsp3) is 0.467. The molecule has 1 saturated heterocycles. The average molecular weight is 391 g/mol. The molecule has 8 heteroatoms. The first-order chi connectivity index (χ1) is 10.6. The van der Waals surface area contributed by atoms with Crippen LogP contribution in [-0.2, 0) is 4.74 Å². The normalized spacial score (nSPS) is 15.1. The van der Waals surface area contributed by atoms with Crippen molar-refractivity contribution in [3.8, 4) is 0 Å². The maximum atomic E-state index is 13.9. The van der Waals surface area contributed by atoms with Crippen molar-refractivity contribution in [2.75, 3.05) is 13.1 Å². The molecule has 23 heavy (non-hydrogen) atoms. The van der Waals surface area contributed by atoms with Crippen LogP contribution in [0, 0.1) is 11.6 Å². The third kappa shape index (κ3) is 4.19. The van der Waals surface area contributed by atoms with Gasteiger partial charge in [0.25, 0.3) is 5.91 Å². The minimum atomic E-state index is -0.932. The molecule has 126 valence electrons.